The average molecular weight is 359 g/mol. The lowest BCUT2D eigenvalue weighted by Crippen LogP contribution is -2.17. The molecule has 0 aliphatic heterocycles. The maximum Gasteiger partial charge on any atom is -0.0114 e. The zero-order valence-corrected chi connectivity index (χ0v) is 17.3. The summed E-state index contributed by atoms with van der Waals surface area (Å²) in [7, 11) is 0. The van der Waals surface area contributed by atoms with Crippen LogP contribution in [0, 0.1) is 5.41 Å². The van der Waals surface area contributed by atoms with E-state index in [1.54, 1.807) is 44.5 Å². The first-order chi connectivity index (χ1) is 13.1. The number of rotatable bonds is 0. The van der Waals surface area contributed by atoms with Crippen LogP contribution in [0.5, 0.6) is 0 Å². The summed E-state index contributed by atoms with van der Waals surface area (Å²) in [6.07, 6.45) is 15.8. The van der Waals surface area contributed by atoms with Crippen molar-refractivity contribution < 1.29 is 0 Å². The molecule has 0 aromatic heterocycles. The molecule has 2 bridgehead atoms. The zero-order chi connectivity index (χ0) is 18.4. The van der Waals surface area contributed by atoms with E-state index in [-0.39, 0.29) is 0 Å². The van der Waals surface area contributed by atoms with Crippen molar-refractivity contribution in [3.05, 3.63) is 57.6 Å². The minimum Gasteiger partial charge on any atom is -0.0599 e. The van der Waals surface area contributed by atoms with Gasteiger partial charge in [0.25, 0.3) is 0 Å². The summed E-state index contributed by atoms with van der Waals surface area (Å²) in [6, 6.07) is 10.2. The summed E-state index contributed by atoms with van der Waals surface area (Å²) in [5.41, 5.74) is 13.7. The third-order valence-corrected chi connectivity index (χ3v) is 7.57. The summed E-state index contributed by atoms with van der Waals surface area (Å²) in [6.45, 7) is 4.96. The molecule has 0 fully saturated rings. The molecule has 0 saturated carbocycles. The largest absolute Gasteiger partial charge is 0.0599 e. The number of hydrogen-bond acceptors (Lipinski definition) is 0. The molecule has 0 heterocycles. The van der Waals surface area contributed by atoms with Gasteiger partial charge in [0.15, 0.2) is 0 Å². The van der Waals surface area contributed by atoms with Crippen LogP contribution in [0.25, 0.3) is 11.1 Å². The van der Waals surface area contributed by atoms with Gasteiger partial charge in [-0.3, -0.25) is 0 Å². The maximum atomic E-state index is 2.61. The van der Waals surface area contributed by atoms with Crippen LogP contribution in [0.2, 0.25) is 0 Å². The van der Waals surface area contributed by atoms with Crippen LogP contribution in [-0.4, -0.2) is 0 Å². The molecule has 0 atom stereocenters. The van der Waals surface area contributed by atoms with Crippen molar-refractivity contribution in [3.63, 3.8) is 0 Å². The van der Waals surface area contributed by atoms with Gasteiger partial charge < -0.3 is 0 Å². The van der Waals surface area contributed by atoms with Crippen LogP contribution in [0.4, 0.5) is 0 Å². The van der Waals surface area contributed by atoms with Gasteiger partial charge in [-0.05, 0) is 127 Å². The number of hydrogen-bond donors (Lipinski definition) is 0. The minimum atomic E-state index is 0.431. The first-order valence-electron chi connectivity index (χ1n) is 11.4. The fourth-order valence-corrected chi connectivity index (χ4v) is 5.80. The van der Waals surface area contributed by atoms with Crippen molar-refractivity contribution in [1.82, 2.24) is 0 Å². The Balaban J connectivity index is 1.78. The fraction of sp³-hybridized carbons (Fsp3) is 0.556. The zero-order valence-electron chi connectivity index (χ0n) is 17.3. The number of aryl methyl sites for hydroxylation is 4. The highest BCUT2D eigenvalue weighted by Crippen LogP contribution is 2.42. The van der Waals surface area contributed by atoms with Crippen molar-refractivity contribution in [1.29, 1.82) is 0 Å². The average Bonchev–Trinajstić information content (AvgIpc) is 2.69. The number of fused-ring (bicyclic) bond motifs is 8. The third kappa shape index (κ3) is 3.26. The topological polar surface area (TPSA) is 0 Å². The van der Waals surface area contributed by atoms with Gasteiger partial charge in [0.05, 0.1) is 0 Å². The normalized spacial score (nSPS) is 21.0. The standard InChI is InChI=1S/C27H34/c1-27(2)15-13-19-17-22-8-4-5-9-23(22)25(18-19)26-21(14-16-27)12-11-20-7-3-6-10-24(20)26/h11-12,17-18H,3-10,13-16H2,1-2H3. The second-order valence-electron chi connectivity index (χ2n) is 10.1. The smallest absolute Gasteiger partial charge is 0.0114 e. The predicted molar refractivity (Wildman–Crippen MR) is 116 cm³/mol. The summed E-state index contributed by atoms with van der Waals surface area (Å²) in [5.74, 6) is 0. The van der Waals surface area contributed by atoms with E-state index in [4.69, 9.17) is 0 Å². The van der Waals surface area contributed by atoms with Crippen molar-refractivity contribution >= 4 is 0 Å². The monoisotopic (exact) mass is 358 g/mol. The SMILES string of the molecule is CC1(C)CCc2cc3c(c(c2)-c2c(ccc4c2CCCC4)CC1)CCCC3. The van der Waals surface area contributed by atoms with Crippen LogP contribution in [0.1, 0.15) is 85.8 Å². The quantitative estimate of drug-likeness (QED) is 0.475. The molecule has 0 nitrogen and oxygen atoms in total. The Morgan fingerprint density at radius 3 is 2.15 bits per heavy atom. The van der Waals surface area contributed by atoms with Crippen molar-refractivity contribution in [3.8, 4) is 11.1 Å². The highest BCUT2D eigenvalue weighted by atomic mass is 14.3. The van der Waals surface area contributed by atoms with Crippen molar-refractivity contribution in [2.24, 2.45) is 5.41 Å². The Kier molecular flexibility index (Phi) is 4.42. The summed E-state index contributed by atoms with van der Waals surface area (Å²) in [5, 5.41) is 0. The van der Waals surface area contributed by atoms with Crippen LogP contribution >= 0.6 is 0 Å². The van der Waals surface area contributed by atoms with E-state index in [2.05, 4.69) is 38.1 Å². The van der Waals surface area contributed by atoms with Gasteiger partial charge in [0.2, 0.25) is 0 Å². The summed E-state index contributed by atoms with van der Waals surface area (Å²) < 4.78 is 0. The highest BCUT2D eigenvalue weighted by molar-refractivity contribution is 5.77. The van der Waals surface area contributed by atoms with E-state index in [0.717, 1.165) is 0 Å². The van der Waals surface area contributed by atoms with Gasteiger partial charge >= 0.3 is 0 Å². The maximum absolute atomic E-state index is 2.61. The molecule has 3 aliphatic rings. The lowest BCUT2D eigenvalue weighted by atomic mass is 9.74. The predicted octanol–water partition coefficient (Wildman–Crippen LogP) is 7.02. The Morgan fingerprint density at radius 2 is 1.30 bits per heavy atom. The molecule has 0 N–H and O–H groups in total. The Bertz CT molecular complexity index is 868. The molecule has 0 saturated heterocycles. The highest BCUT2D eigenvalue weighted by Gasteiger charge is 2.26. The van der Waals surface area contributed by atoms with Crippen LogP contribution in [-0.2, 0) is 38.5 Å². The van der Waals surface area contributed by atoms with Crippen molar-refractivity contribution in [2.75, 3.05) is 0 Å². The van der Waals surface area contributed by atoms with E-state index in [1.807, 2.05) is 0 Å². The second-order valence-corrected chi connectivity index (χ2v) is 10.1. The Morgan fingerprint density at radius 1 is 0.630 bits per heavy atom. The van der Waals surface area contributed by atoms with Gasteiger partial charge in [0, 0.05) is 0 Å². The Hall–Kier alpha value is -1.56. The molecule has 0 heteroatoms. The number of benzene rings is 2. The molecule has 27 heavy (non-hydrogen) atoms. The first kappa shape index (κ1) is 17.5. The lowest BCUT2D eigenvalue weighted by Gasteiger charge is -2.31. The fourth-order valence-electron chi connectivity index (χ4n) is 5.80. The van der Waals surface area contributed by atoms with Gasteiger partial charge in [-0.2, -0.15) is 0 Å². The molecular weight excluding hydrogens is 324 g/mol. The van der Waals surface area contributed by atoms with Crippen LogP contribution in [0.15, 0.2) is 24.3 Å². The van der Waals surface area contributed by atoms with Gasteiger partial charge in [-0.1, -0.05) is 38.1 Å². The van der Waals surface area contributed by atoms with Gasteiger partial charge in [0.1, 0.15) is 0 Å². The lowest BCUT2D eigenvalue weighted by molar-refractivity contribution is 0.308. The van der Waals surface area contributed by atoms with Gasteiger partial charge in [-0.25, -0.2) is 0 Å². The molecule has 2 aromatic rings. The van der Waals surface area contributed by atoms with Crippen LogP contribution < -0.4 is 0 Å². The molecule has 0 spiro atoms. The molecule has 2 aromatic carbocycles. The second kappa shape index (κ2) is 6.80. The molecule has 0 unspecified atom stereocenters. The van der Waals surface area contributed by atoms with Crippen molar-refractivity contribution in [2.45, 2.75) is 90.9 Å². The van der Waals surface area contributed by atoms with Crippen LogP contribution in [0.3, 0.4) is 0 Å². The molecule has 5 rings (SSSR count). The summed E-state index contributed by atoms with van der Waals surface area (Å²) in [4.78, 5) is 0. The van der Waals surface area contributed by atoms with E-state index in [9.17, 15) is 0 Å². The van der Waals surface area contributed by atoms with E-state index < -0.39 is 0 Å². The molecular formula is C27H34. The van der Waals surface area contributed by atoms with Gasteiger partial charge in [-0.15, -0.1) is 0 Å². The third-order valence-electron chi connectivity index (χ3n) is 7.57. The molecule has 142 valence electrons. The van der Waals surface area contributed by atoms with E-state index in [0.29, 0.717) is 5.41 Å². The minimum absolute atomic E-state index is 0.431. The van der Waals surface area contributed by atoms with E-state index >= 15 is 0 Å². The van der Waals surface area contributed by atoms with E-state index in [1.165, 1.54) is 77.0 Å². The first-order valence-corrected chi connectivity index (χ1v) is 11.4. The Labute approximate surface area is 165 Å². The molecule has 0 radical (unpaired) electrons. The molecule has 3 aliphatic carbocycles. The summed E-state index contributed by atoms with van der Waals surface area (Å²) >= 11 is 0. The molecule has 0 amide bonds.